The summed E-state index contributed by atoms with van der Waals surface area (Å²) in [7, 11) is 0. The summed E-state index contributed by atoms with van der Waals surface area (Å²) < 4.78 is 8.14. The SMILES string of the molecule is Cc1ccnn1CCC(=O)N1CCC2(CC1)CC1(CO2)NC(=O)c2ccccc2N1. The number of aromatic nitrogens is 2. The van der Waals surface area contributed by atoms with Gasteiger partial charge in [-0.1, -0.05) is 12.1 Å². The van der Waals surface area contributed by atoms with Crippen LogP contribution in [0.5, 0.6) is 0 Å². The first-order valence-electron chi connectivity index (χ1n) is 10.6. The molecule has 1 aromatic heterocycles. The molecule has 8 heteroatoms. The number of amides is 2. The standard InChI is InChI=1S/C22H27N5O3/c1-16-6-10-23-27(16)11-7-19(28)26-12-8-21(9-13-26)14-22(15-30-21)24-18-5-3-2-4-17(18)20(29)25-22/h2-6,10,24H,7-9,11-15H2,1H3,(H,25,29). The number of carbonyl (C=O) groups is 2. The molecule has 2 fully saturated rings. The van der Waals surface area contributed by atoms with Gasteiger partial charge in [0.25, 0.3) is 5.91 Å². The minimum Gasteiger partial charge on any atom is -0.370 e. The monoisotopic (exact) mass is 409 g/mol. The van der Waals surface area contributed by atoms with Crippen LogP contribution in [0, 0.1) is 6.92 Å². The van der Waals surface area contributed by atoms with Crippen molar-refractivity contribution in [1.29, 1.82) is 0 Å². The molecule has 0 bridgehead atoms. The van der Waals surface area contributed by atoms with Gasteiger partial charge in [0.05, 0.1) is 17.8 Å². The van der Waals surface area contributed by atoms with Crippen LogP contribution in [-0.4, -0.2) is 57.5 Å². The number of hydrogen-bond acceptors (Lipinski definition) is 5. The molecule has 2 saturated heterocycles. The zero-order valence-electron chi connectivity index (χ0n) is 17.2. The molecule has 3 aliphatic heterocycles. The van der Waals surface area contributed by atoms with Gasteiger partial charge in [0, 0.05) is 50.1 Å². The highest BCUT2D eigenvalue weighted by atomic mass is 16.5. The van der Waals surface area contributed by atoms with Gasteiger partial charge in [0.2, 0.25) is 5.91 Å². The first-order chi connectivity index (χ1) is 14.5. The van der Waals surface area contributed by atoms with E-state index < -0.39 is 5.66 Å². The number of fused-ring (bicyclic) bond motifs is 1. The Morgan fingerprint density at radius 2 is 2.00 bits per heavy atom. The zero-order valence-corrected chi connectivity index (χ0v) is 17.2. The van der Waals surface area contributed by atoms with Gasteiger partial charge in [0.1, 0.15) is 5.66 Å². The molecule has 3 aliphatic rings. The third-order valence-electron chi connectivity index (χ3n) is 6.64. The Morgan fingerprint density at radius 1 is 1.20 bits per heavy atom. The fourth-order valence-electron chi connectivity index (χ4n) is 4.93. The number of ether oxygens (including phenoxy) is 1. The van der Waals surface area contributed by atoms with E-state index in [2.05, 4.69) is 15.7 Å². The molecule has 158 valence electrons. The van der Waals surface area contributed by atoms with Crippen LogP contribution in [0.3, 0.4) is 0 Å². The number of para-hydroxylation sites is 1. The molecule has 2 spiro atoms. The van der Waals surface area contributed by atoms with Crippen LogP contribution in [0.4, 0.5) is 5.69 Å². The summed E-state index contributed by atoms with van der Waals surface area (Å²) in [6, 6.07) is 9.50. The molecule has 1 atom stereocenters. The van der Waals surface area contributed by atoms with Crippen molar-refractivity contribution in [1.82, 2.24) is 20.0 Å². The van der Waals surface area contributed by atoms with Gasteiger partial charge >= 0.3 is 0 Å². The predicted molar refractivity (Wildman–Crippen MR) is 111 cm³/mol. The predicted octanol–water partition coefficient (Wildman–Crippen LogP) is 1.91. The van der Waals surface area contributed by atoms with Crippen molar-refractivity contribution in [3.63, 3.8) is 0 Å². The van der Waals surface area contributed by atoms with Crippen molar-refractivity contribution in [3.05, 3.63) is 47.8 Å². The number of carbonyl (C=O) groups excluding carboxylic acids is 2. The smallest absolute Gasteiger partial charge is 0.255 e. The van der Waals surface area contributed by atoms with Crippen molar-refractivity contribution in [3.8, 4) is 0 Å². The molecule has 2 N–H and O–H groups in total. The average Bonchev–Trinajstić information content (AvgIpc) is 3.30. The van der Waals surface area contributed by atoms with Crippen LogP contribution in [0.25, 0.3) is 0 Å². The highest BCUT2D eigenvalue weighted by Gasteiger charge is 2.53. The molecule has 5 rings (SSSR count). The van der Waals surface area contributed by atoms with Crippen LogP contribution in [-0.2, 0) is 16.1 Å². The van der Waals surface area contributed by atoms with E-state index in [9.17, 15) is 9.59 Å². The number of rotatable bonds is 3. The highest BCUT2D eigenvalue weighted by molar-refractivity contribution is 6.02. The molecule has 8 nitrogen and oxygen atoms in total. The first-order valence-corrected chi connectivity index (χ1v) is 10.6. The third kappa shape index (κ3) is 3.35. The number of nitrogens with zero attached hydrogens (tertiary/aromatic N) is 3. The molecule has 2 aromatic rings. The minimum atomic E-state index is -0.574. The lowest BCUT2D eigenvalue weighted by Crippen LogP contribution is -2.59. The summed E-state index contributed by atoms with van der Waals surface area (Å²) in [6.07, 6.45) is 4.47. The Labute approximate surface area is 175 Å². The first kappa shape index (κ1) is 19.1. The molecule has 0 saturated carbocycles. The highest BCUT2D eigenvalue weighted by Crippen LogP contribution is 2.42. The van der Waals surface area contributed by atoms with Gasteiger partial charge in [-0.3, -0.25) is 14.3 Å². The lowest BCUT2D eigenvalue weighted by atomic mass is 9.84. The Bertz CT molecular complexity index is 979. The maximum atomic E-state index is 12.7. The van der Waals surface area contributed by atoms with Crippen molar-refractivity contribution in [2.45, 2.75) is 50.4 Å². The fraction of sp³-hybridized carbons (Fsp3) is 0.500. The summed E-state index contributed by atoms with van der Waals surface area (Å²) >= 11 is 0. The largest absolute Gasteiger partial charge is 0.370 e. The van der Waals surface area contributed by atoms with Crippen LogP contribution < -0.4 is 10.6 Å². The lowest BCUT2D eigenvalue weighted by Gasteiger charge is -2.41. The van der Waals surface area contributed by atoms with E-state index in [1.54, 1.807) is 6.20 Å². The molecule has 0 radical (unpaired) electrons. The van der Waals surface area contributed by atoms with Crippen LogP contribution in [0.15, 0.2) is 36.5 Å². The number of hydrogen-bond donors (Lipinski definition) is 2. The number of likely N-dealkylation sites (tertiary alicyclic amines) is 1. The maximum absolute atomic E-state index is 12.7. The normalized spacial score (nSPS) is 24.6. The number of anilines is 1. The van der Waals surface area contributed by atoms with Gasteiger partial charge in [-0.15, -0.1) is 0 Å². The zero-order chi connectivity index (χ0) is 20.8. The summed E-state index contributed by atoms with van der Waals surface area (Å²) in [5.74, 6) is 0.0945. The second-order valence-electron chi connectivity index (χ2n) is 8.68. The van der Waals surface area contributed by atoms with Crippen molar-refractivity contribution in [2.75, 3.05) is 25.0 Å². The topological polar surface area (TPSA) is 88.5 Å². The fourth-order valence-corrected chi connectivity index (χ4v) is 4.93. The lowest BCUT2D eigenvalue weighted by molar-refractivity contribution is -0.136. The van der Waals surface area contributed by atoms with Crippen molar-refractivity contribution < 1.29 is 14.3 Å². The molecule has 1 aromatic carbocycles. The summed E-state index contributed by atoms with van der Waals surface area (Å²) in [5.41, 5.74) is 1.70. The Morgan fingerprint density at radius 3 is 2.77 bits per heavy atom. The molecular formula is C22H27N5O3. The maximum Gasteiger partial charge on any atom is 0.255 e. The molecule has 2 amide bonds. The molecule has 0 aliphatic carbocycles. The quantitative estimate of drug-likeness (QED) is 0.809. The number of piperidine rings is 1. The van der Waals surface area contributed by atoms with E-state index in [-0.39, 0.29) is 17.4 Å². The second-order valence-corrected chi connectivity index (χ2v) is 8.68. The Kier molecular flexibility index (Phi) is 4.54. The van der Waals surface area contributed by atoms with Gasteiger partial charge in [-0.2, -0.15) is 5.10 Å². The minimum absolute atomic E-state index is 0.0634. The van der Waals surface area contributed by atoms with Gasteiger partial charge in [-0.05, 0) is 38.0 Å². The Hall–Kier alpha value is -2.87. The number of benzene rings is 1. The van der Waals surface area contributed by atoms with Gasteiger partial charge in [0.15, 0.2) is 0 Å². The molecular weight excluding hydrogens is 382 g/mol. The molecule has 1 unspecified atom stereocenters. The molecule has 30 heavy (non-hydrogen) atoms. The van der Waals surface area contributed by atoms with Crippen LogP contribution in [0.1, 0.15) is 41.7 Å². The van der Waals surface area contributed by atoms with E-state index in [4.69, 9.17) is 4.74 Å². The summed E-state index contributed by atoms with van der Waals surface area (Å²) in [5, 5.41) is 10.9. The van der Waals surface area contributed by atoms with Gasteiger partial charge < -0.3 is 20.3 Å². The van der Waals surface area contributed by atoms with Crippen molar-refractivity contribution in [2.24, 2.45) is 0 Å². The van der Waals surface area contributed by atoms with E-state index in [1.807, 2.05) is 46.8 Å². The Balaban J connectivity index is 1.19. The van der Waals surface area contributed by atoms with E-state index >= 15 is 0 Å². The van der Waals surface area contributed by atoms with Crippen LogP contribution in [0.2, 0.25) is 0 Å². The summed E-state index contributed by atoms with van der Waals surface area (Å²) in [4.78, 5) is 27.2. The average molecular weight is 409 g/mol. The van der Waals surface area contributed by atoms with E-state index in [0.717, 1.165) is 24.2 Å². The van der Waals surface area contributed by atoms with Gasteiger partial charge in [-0.25, -0.2) is 0 Å². The summed E-state index contributed by atoms with van der Waals surface area (Å²) in [6.45, 7) is 4.38. The number of aryl methyl sites for hydroxylation is 2. The number of nitrogens with one attached hydrogen (secondary N) is 2. The van der Waals surface area contributed by atoms with E-state index in [0.29, 0.717) is 44.6 Å². The van der Waals surface area contributed by atoms with Crippen LogP contribution >= 0.6 is 0 Å². The third-order valence-corrected chi connectivity index (χ3v) is 6.64. The molecule has 4 heterocycles. The second kappa shape index (κ2) is 7.12. The van der Waals surface area contributed by atoms with E-state index in [1.165, 1.54) is 0 Å². The van der Waals surface area contributed by atoms with Crippen molar-refractivity contribution >= 4 is 17.5 Å².